The summed E-state index contributed by atoms with van der Waals surface area (Å²) in [6.45, 7) is 2.41. The number of methoxy groups -OCH3 is 1. The van der Waals surface area contributed by atoms with E-state index in [1.54, 1.807) is 12.1 Å². The molecule has 21 heavy (non-hydrogen) atoms. The number of carbonyl (C=O) groups is 2. The fourth-order valence-corrected chi connectivity index (χ4v) is 2.71. The number of anilines is 1. The molecule has 1 saturated carbocycles. The number of esters is 1. The molecule has 0 unspecified atom stereocenters. The predicted octanol–water partition coefficient (Wildman–Crippen LogP) is 2.24. The monoisotopic (exact) mass is 290 g/mol. The van der Waals surface area contributed by atoms with Crippen LogP contribution in [0.3, 0.4) is 0 Å². The van der Waals surface area contributed by atoms with E-state index in [0.717, 1.165) is 24.8 Å². The fraction of sp³-hybridized carbons (Fsp3) is 0.500. The minimum atomic E-state index is -0.453. The zero-order chi connectivity index (χ0) is 15.5. The summed E-state index contributed by atoms with van der Waals surface area (Å²) in [5.41, 5.74) is 7.52. The van der Waals surface area contributed by atoms with Crippen LogP contribution in [0.4, 0.5) is 5.69 Å². The number of nitrogens with two attached hydrogens (primary N) is 1. The van der Waals surface area contributed by atoms with Gasteiger partial charge in [0, 0.05) is 6.42 Å². The first-order valence-electron chi connectivity index (χ1n) is 7.18. The Kier molecular flexibility index (Phi) is 4.63. The van der Waals surface area contributed by atoms with E-state index in [-0.39, 0.29) is 11.3 Å². The molecular weight excluding hydrogens is 268 g/mol. The Morgan fingerprint density at radius 1 is 1.38 bits per heavy atom. The van der Waals surface area contributed by atoms with Gasteiger partial charge in [-0.1, -0.05) is 18.1 Å². The fourth-order valence-electron chi connectivity index (χ4n) is 2.71. The van der Waals surface area contributed by atoms with Crippen molar-refractivity contribution in [3.05, 3.63) is 29.3 Å². The van der Waals surface area contributed by atoms with Crippen molar-refractivity contribution >= 4 is 17.6 Å². The molecular formula is C16H22N2O3. The number of hydrogen-bond donors (Lipinski definition) is 2. The highest BCUT2D eigenvalue weighted by Gasteiger charge is 2.37. The van der Waals surface area contributed by atoms with Crippen molar-refractivity contribution in [2.45, 2.75) is 32.6 Å². The zero-order valence-corrected chi connectivity index (χ0v) is 12.6. The first kappa shape index (κ1) is 15.5. The van der Waals surface area contributed by atoms with E-state index in [1.807, 2.05) is 13.0 Å². The molecule has 0 atom stereocenters. The molecule has 1 aromatic rings. The Labute approximate surface area is 124 Å². The van der Waals surface area contributed by atoms with E-state index < -0.39 is 5.97 Å². The predicted molar refractivity (Wildman–Crippen MR) is 81.1 cm³/mol. The number of nitrogens with one attached hydrogen (secondary N) is 1. The Bertz CT molecular complexity index is 545. The van der Waals surface area contributed by atoms with Crippen molar-refractivity contribution in [2.75, 3.05) is 19.0 Å². The average molecular weight is 290 g/mol. The SMILES string of the molecule is COC(=O)c1cc(C)ccc1NC(=O)CC1(CN)CCC1. The van der Waals surface area contributed by atoms with Crippen LogP contribution in [-0.4, -0.2) is 25.5 Å². The molecule has 0 aliphatic heterocycles. The number of rotatable bonds is 5. The normalized spacial score (nSPS) is 16.0. The van der Waals surface area contributed by atoms with Crippen LogP contribution >= 0.6 is 0 Å². The van der Waals surface area contributed by atoms with E-state index in [4.69, 9.17) is 10.5 Å². The highest BCUT2D eigenvalue weighted by molar-refractivity contribution is 6.01. The van der Waals surface area contributed by atoms with Crippen LogP contribution in [0.15, 0.2) is 18.2 Å². The smallest absolute Gasteiger partial charge is 0.339 e. The molecule has 0 aromatic heterocycles. The van der Waals surface area contributed by atoms with Gasteiger partial charge in [0.1, 0.15) is 0 Å². The van der Waals surface area contributed by atoms with Crippen molar-refractivity contribution in [3.63, 3.8) is 0 Å². The molecule has 5 heteroatoms. The van der Waals surface area contributed by atoms with Gasteiger partial charge in [0.25, 0.3) is 0 Å². The Balaban J connectivity index is 2.12. The lowest BCUT2D eigenvalue weighted by Crippen LogP contribution is -2.40. The molecule has 5 nitrogen and oxygen atoms in total. The molecule has 0 radical (unpaired) electrons. The van der Waals surface area contributed by atoms with Crippen LogP contribution in [-0.2, 0) is 9.53 Å². The second kappa shape index (κ2) is 6.26. The zero-order valence-electron chi connectivity index (χ0n) is 12.6. The lowest BCUT2D eigenvalue weighted by Gasteiger charge is -2.40. The first-order chi connectivity index (χ1) is 9.99. The molecule has 1 amide bonds. The minimum absolute atomic E-state index is 0.0553. The van der Waals surface area contributed by atoms with Crippen molar-refractivity contribution in [2.24, 2.45) is 11.1 Å². The summed E-state index contributed by atoms with van der Waals surface area (Å²) >= 11 is 0. The van der Waals surface area contributed by atoms with Crippen molar-refractivity contribution in [1.82, 2.24) is 0 Å². The summed E-state index contributed by atoms with van der Waals surface area (Å²) in [7, 11) is 1.33. The maximum atomic E-state index is 12.2. The highest BCUT2D eigenvalue weighted by Crippen LogP contribution is 2.43. The Morgan fingerprint density at radius 2 is 2.10 bits per heavy atom. The molecule has 0 spiro atoms. The number of aryl methyl sites for hydroxylation is 1. The van der Waals surface area contributed by atoms with E-state index >= 15 is 0 Å². The summed E-state index contributed by atoms with van der Waals surface area (Å²) < 4.78 is 4.76. The van der Waals surface area contributed by atoms with Gasteiger partial charge in [-0.15, -0.1) is 0 Å². The minimum Gasteiger partial charge on any atom is -0.465 e. The number of benzene rings is 1. The van der Waals surface area contributed by atoms with Crippen LogP contribution in [0.25, 0.3) is 0 Å². The van der Waals surface area contributed by atoms with Crippen molar-refractivity contribution in [1.29, 1.82) is 0 Å². The summed E-state index contributed by atoms with van der Waals surface area (Å²) in [5, 5.41) is 2.82. The van der Waals surface area contributed by atoms with Crippen molar-refractivity contribution < 1.29 is 14.3 Å². The van der Waals surface area contributed by atoms with Crippen LogP contribution < -0.4 is 11.1 Å². The Morgan fingerprint density at radius 3 is 2.62 bits per heavy atom. The summed E-state index contributed by atoms with van der Waals surface area (Å²) in [6, 6.07) is 5.29. The second-order valence-corrected chi connectivity index (χ2v) is 5.82. The van der Waals surface area contributed by atoms with E-state index in [2.05, 4.69) is 5.32 Å². The average Bonchev–Trinajstić information content (AvgIpc) is 2.44. The molecule has 1 aliphatic carbocycles. The molecule has 0 bridgehead atoms. The third kappa shape index (κ3) is 3.42. The van der Waals surface area contributed by atoms with Gasteiger partial charge in [0.05, 0.1) is 18.4 Å². The van der Waals surface area contributed by atoms with Gasteiger partial charge in [0.2, 0.25) is 5.91 Å². The van der Waals surface area contributed by atoms with Crippen LogP contribution in [0.5, 0.6) is 0 Å². The molecule has 1 aromatic carbocycles. The number of amides is 1. The third-order valence-electron chi connectivity index (χ3n) is 4.24. The summed E-state index contributed by atoms with van der Waals surface area (Å²) in [6.07, 6.45) is 3.52. The van der Waals surface area contributed by atoms with Crippen LogP contribution in [0, 0.1) is 12.3 Å². The lowest BCUT2D eigenvalue weighted by molar-refractivity contribution is -0.119. The molecule has 114 valence electrons. The number of carbonyl (C=O) groups excluding carboxylic acids is 2. The maximum Gasteiger partial charge on any atom is 0.339 e. The largest absolute Gasteiger partial charge is 0.465 e. The van der Waals surface area contributed by atoms with Gasteiger partial charge in [-0.3, -0.25) is 4.79 Å². The standard InChI is InChI=1S/C16H22N2O3/c1-11-4-5-13(12(8-11)15(20)21-2)18-14(19)9-16(10-17)6-3-7-16/h4-5,8H,3,6-7,9-10,17H2,1-2H3,(H,18,19). The van der Waals surface area contributed by atoms with Crippen LogP contribution in [0.2, 0.25) is 0 Å². The van der Waals surface area contributed by atoms with E-state index in [1.165, 1.54) is 7.11 Å². The van der Waals surface area contributed by atoms with Crippen LogP contribution in [0.1, 0.15) is 41.6 Å². The maximum absolute atomic E-state index is 12.2. The topological polar surface area (TPSA) is 81.4 Å². The lowest BCUT2D eigenvalue weighted by atomic mass is 9.66. The van der Waals surface area contributed by atoms with Gasteiger partial charge >= 0.3 is 5.97 Å². The van der Waals surface area contributed by atoms with Gasteiger partial charge in [-0.05, 0) is 43.9 Å². The first-order valence-corrected chi connectivity index (χ1v) is 7.18. The van der Waals surface area contributed by atoms with Crippen molar-refractivity contribution in [3.8, 4) is 0 Å². The van der Waals surface area contributed by atoms with Gasteiger partial charge < -0.3 is 15.8 Å². The van der Waals surface area contributed by atoms with Gasteiger partial charge in [-0.2, -0.15) is 0 Å². The molecule has 1 aliphatic rings. The summed E-state index contributed by atoms with van der Waals surface area (Å²) in [4.78, 5) is 24.0. The quantitative estimate of drug-likeness (QED) is 0.815. The van der Waals surface area contributed by atoms with E-state index in [9.17, 15) is 9.59 Å². The molecule has 0 heterocycles. The number of hydrogen-bond acceptors (Lipinski definition) is 4. The molecule has 0 saturated heterocycles. The molecule has 2 rings (SSSR count). The highest BCUT2D eigenvalue weighted by atomic mass is 16.5. The third-order valence-corrected chi connectivity index (χ3v) is 4.24. The Hall–Kier alpha value is -1.88. The summed E-state index contributed by atoms with van der Waals surface area (Å²) in [5.74, 6) is -0.555. The molecule has 1 fully saturated rings. The van der Waals surface area contributed by atoms with Gasteiger partial charge in [0.15, 0.2) is 0 Å². The van der Waals surface area contributed by atoms with E-state index in [0.29, 0.717) is 24.2 Å². The molecule has 3 N–H and O–H groups in total. The second-order valence-electron chi connectivity index (χ2n) is 5.82. The number of ether oxygens (including phenoxy) is 1. The van der Waals surface area contributed by atoms with Gasteiger partial charge in [-0.25, -0.2) is 4.79 Å².